The number of aliphatic carboxylic acids is 1. The highest BCUT2D eigenvalue weighted by Gasteiger charge is 2.43. The maximum atomic E-state index is 13.2. The molecule has 2 amide bonds. The van der Waals surface area contributed by atoms with Gasteiger partial charge < -0.3 is 25.2 Å². The second kappa shape index (κ2) is 9.10. The first kappa shape index (κ1) is 22.4. The number of carboxylic acids is 1. The SMILES string of the molecule is O=C(N[C@@H](CC1CC1)C(=O)N1C[C@H](O)C[C@@H]1C(=O)O)OCC1c2ccccc2-c2ccccc21. The summed E-state index contributed by atoms with van der Waals surface area (Å²) in [6, 6.07) is 14.1. The van der Waals surface area contributed by atoms with Gasteiger partial charge in [0.2, 0.25) is 5.91 Å². The fourth-order valence-corrected chi connectivity index (χ4v) is 5.18. The first-order valence-electron chi connectivity index (χ1n) is 11.7. The summed E-state index contributed by atoms with van der Waals surface area (Å²) in [5, 5.41) is 22.1. The summed E-state index contributed by atoms with van der Waals surface area (Å²) in [6.45, 7) is 0.0771. The van der Waals surface area contributed by atoms with Crippen molar-refractivity contribution in [3.05, 3.63) is 59.7 Å². The molecular weight excluding hydrogens is 436 g/mol. The van der Waals surface area contributed by atoms with Crippen LogP contribution in [0.5, 0.6) is 0 Å². The van der Waals surface area contributed by atoms with E-state index in [2.05, 4.69) is 17.4 Å². The molecule has 1 saturated heterocycles. The van der Waals surface area contributed by atoms with E-state index in [9.17, 15) is 24.6 Å². The van der Waals surface area contributed by atoms with Crippen LogP contribution in [-0.4, -0.2) is 64.4 Å². The lowest BCUT2D eigenvalue weighted by Crippen LogP contribution is -2.52. The largest absolute Gasteiger partial charge is 0.480 e. The Morgan fingerprint density at radius 1 is 1.03 bits per heavy atom. The number of ether oxygens (including phenoxy) is 1. The minimum atomic E-state index is -1.16. The van der Waals surface area contributed by atoms with E-state index < -0.39 is 36.2 Å². The molecule has 3 aliphatic rings. The molecule has 8 heteroatoms. The number of β-amino-alcohol motifs (C(OH)–C–C–N with tert-alkyl or cyclic N) is 1. The number of carboxylic acid groups (broad SMARTS) is 1. The van der Waals surface area contributed by atoms with Crippen molar-refractivity contribution in [2.75, 3.05) is 13.2 Å². The van der Waals surface area contributed by atoms with E-state index in [0.29, 0.717) is 12.3 Å². The molecule has 2 aromatic carbocycles. The zero-order valence-electron chi connectivity index (χ0n) is 18.7. The van der Waals surface area contributed by atoms with Crippen LogP contribution in [0.15, 0.2) is 48.5 Å². The van der Waals surface area contributed by atoms with Gasteiger partial charge >= 0.3 is 12.1 Å². The van der Waals surface area contributed by atoms with Gasteiger partial charge in [0, 0.05) is 18.9 Å². The molecule has 0 bridgehead atoms. The Bertz CT molecular complexity index is 1070. The highest BCUT2D eigenvalue weighted by molar-refractivity contribution is 5.90. The minimum Gasteiger partial charge on any atom is -0.480 e. The van der Waals surface area contributed by atoms with Crippen molar-refractivity contribution in [1.29, 1.82) is 0 Å². The average Bonchev–Trinajstić information content (AvgIpc) is 3.47. The van der Waals surface area contributed by atoms with Gasteiger partial charge in [-0.3, -0.25) is 4.79 Å². The molecule has 1 aliphatic heterocycles. The third kappa shape index (κ3) is 4.37. The van der Waals surface area contributed by atoms with Crippen molar-refractivity contribution < 1.29 is 29.3 Å². The van der Waals surface area contributed by atoms with E-state index in [4.69, 9.17) is 4.74 Å². The van der Waals surface area contributed by atoms with Gasteiger partial charge in [-0.25, -0.2) is 9.59 Å². The molecule has 2 aromatic rings. The van der Waals surface area contributed by atoms with E-state index >= 15 is 0 Å². The molecular formula is C26H28N2O6. The van der Waals surface area contributed by atoms with Crippen LogP contribution in [0.4, 0.5) is 4.79 Å². The van der Waals surface area contributed by atoms with E-state index in [0.717, 1.165) is 35.1 Å². The number of hydrogen-bond donors (Lipinski definition) is 3. The Morgan fingerprint density at radius 2 is 1.65 bits per heavy atom. The van der Waals surface area contributed by atoms with Crippen LogP contribution in [0, 0.1) is 5.92 Å². The summed E-state index contributed by atoms with van der Waals surface area (Å²) in [4.78, 5) is 38.7. The Balaban J connectivity index is 1.27. The molecule has 0 aromatic heterocycles. The van der Waals surface area contributed by atoms with Crippen LogP contribution in [0.2, 0.25) is 0 Å². The molecule has 5 rings (SSSR count). The van der Waals surface area contributed by atoms with E-state index in [1.807, 2.05) is 36.4 Å². The van der Waals surface area contributed by atoms with Crippen molar-refractivity contribution in [2.45, 2.75) is 49.8 Å². The lowest BCUT2D eigenvalue weighted by molar-refractivity contribution is -0.149. The molecule has 0 spiro atoms. The van der Waals surface area contributed by atoms with E-state index in [1.165, 1.54) is 4.90 Å². The van der Waals surface area contributed by atoms with E-state index in [1.54, 1.807) is 0 Å². The first-order valence-corrected chi connectivity index (χ1v) is 11.7. The van der Waals surface area contributed by atoms with Gasteiger partial charge in [-0.05, 0) is 34.6 Å². The molecule has 34 heavy (non-hydrogen) atoms. The second-order valence-corrected chi connectivity index (χ2v) is 9.44. The van der Waals surface area contributed by atoms with Crippen molar-refractivity contribution in [1.82, 2.24) is 10.2 Å². The maximum Gasteiger partial charge on any atom is 0.407 e. The Morgan fingerprint density at radius 3 is 2.24 bits per heavy atom. The van der Waals surface area contributed by atoms with Crippen LogP contribution in [0.3, 0.4) is 0 Å². The number of nitrogens with one attached hydrogen (secondary N) is 1. The number of carbonyl (C=O) groups excluding carboxylic acids is 2. The summed E-state index contributed by atoms with van der Waals surface area (Å²) in [5.41, 5.74) is 4.44. The highest BCUT2D eigenvalue weighted by atomic mass is 16.5. The van der Waals surface area contributed by atoms with Crippen molar-refractivity contribution in [2.24, 2.45) is 5.92 Å². The third-order valence-corrected chi connectivity index (χ3v) is 7.05. The fraction of sp³-hybridized carbons (Fsp3) is 0.423. The zero-order valence-corrected chi connectivity index (χ0v) is 18.7. The average molecular weight is 465 g/mol. The van der Waals surface area contributed by atoms with Crippen LogP contribution in [-0.2, 0) is 14.3 Å². The number of aliphatic hydroxyl groups is 1. The Labute approximate surface area is 197 Å². The van der Waals surface area contributed by atoms with Gasteiger partial charge in [0.25, 0.3) is 0 Å². The van der Waals surface area contributed by atoms with Crippen LogP contribution in [0.25, 0.3) is 11.1 Å². The second-order valence-electron chi connectivity index (χ2n) is 9.44. The smallest absolute Gasteiger partial charge is 0.407 e. The Hall–Kier alpha value is -3.39. The predicted octanol–water partition coefficient (Wildman–Crippen LogP) is 2.74. The van der Waals surface area contributed by atoms with Gasteiger partial charge in [-0.15, -0.1) is 0 Å². The molecule has 2 fully saturated rings. The predicted molar refractivity (Wildman–Crippen MR) is 123 cm³/mol. The normalized spacial score (nSPS) is 22.1. The highest BCUT2D eigenvalue weighted by Crippen LogP contribution is 2.44. The third-order valence-electron chi connectivity index (χ3n) is 7.05. The molecule has 3 atom stereocenters. The lowest BCUT2D eigenvalue weighted by atomic mass is 9.98. The Kier molecular flexibility index (Phi) is 6.00. The quantitative estimate of drug-likeness (QED) is 0.580. The number of hydrogen-bond acceptors (Lipinski definition) is 5. The van der Waals surface area contributed by atoms with E-state index in [-0.39, 0.29) is 25.5 Å². The number of nitrogens with zero attached hydrogens (tertiary/aromatic N) is 1. The summed E-state index contributed by atoms with van der Waals surface area (Å²) >= 11 is 0. The van der Waals surface area contributed by atoms with Crippen LogP contribution < -0.4 is 5.32 Å². The fourth-order valence-electron chi connectivity index (χ4n) is 5.18. The number of amides is 2. The summed E-state index contributed by atoms with van der Waals surface area (Å²) in [7, 11) is 0. The number of likely N-dealkylation sites (tertiary alicyclic amines) is 1. The topological polar surface area (TPSA) is 116 Å². The van der Waals surface area contributed by atoms with Gasteiger partial charge in [-0.1, -0.05) is 61.4 Å². The van der Waals surface area contributed by atoms with Crippen molar-refractivity contribution >= 4 is 18.0 Å². The van der Waals surface area contributed by atoms with Gasteiger partial charge in [0.05, 0.1) is 6.10 Å². The number of carbonyl (C=O) groups is 3. The van der Waals surface area contributed by atoms with Crippen molar-refractivity contribution in [3.8, 4) is 11.1 Å². The molecule has 0 radical (unpaired) electrons. The molecule has 3 N–H and O–H groups in total. The number of rotatable bonds is 7. The maximum absolute atomic E-state index is 13.2. The number of alkyl carbamates (subject to hydrolysis) is 1. The molecule has 178 valence electrons. The molecule has 0 unspecified atom stereocenters. The summed E-state index contributed by atoms with van der Waals surface area (Å²) < 4.78 is 5.59. The van der Waals surface area contributed by atoms with Crippen LogP contribution >= 0.6 is 0 Å². The van der Waals surface area contributed by atoms with Gasteiger partial charge in [0.1, 0.15) is 18.7 Å². The standard InChI is InChI=1S/C26H28N2O6/c29-16-12-23(25(31)32)28(13-16)24(30)22(11-15-9-10-15)27-26(33)34-14-21-19-7-3-1-5-17(19)18-6-2-4-8-20(18)21/h1-8,15-16,21-23,29H,9-14H2,(H,27,33)(H,31,32)/t16-,22+,23-/m1/s1. The summed E-state index contributed by atoms with van der Waals surface area (Å²) in [6.07, 6.45) is 0.778. The van der Waals surface area contributed by atoms with Crippen molar-refractivity contribution in [3.63, 3.8) is 0 Å². The van der Waals surface area contributed by atoms with Gasteiger partial charge in [-0.2, -0.15) is 0 Å². The summed E-state index contributed by atoms with van der Waals surface area (Å²) in [5.74, 6) is -1.42. The van der Waals surface area contributed by atoms with Crippen LogP contribution in [0.1, 0.15) is 42.7 Å². The number of benzene rings is 2. The molecule has 1 heterocycles. The zero-order chi connectivity index (χ0) is 23.8. The first-order chi connectivity index (χ1) is 16.4. The number of aliphatic hydroxyl groups excluding tert-OH is 1. The monoisotopic (exact) mass is 464 g/mol. The molecule has 1 saturated carbocycles. The van der Waals surface area contributed by atoms with Gasteiger partial charge in [0.15, 0.2) is 0 Å². The molecule has 2 aliphatic carbocycles. The molecule has 8 nitrogen and oxygen atoms in total. The lowest BCUT2D eigenvalue weighted by Gasteiger charge is -2.27. The number of fused-ring (bicyclic) bond motifs is 3. The minimum absolute atomic E-state index is 0.0117.